The summed E-state index contributed by atoms with van der Waals surface area (Å²) in [4.78, 5) is 24.3. The second-order valence-electron chi connectivity index (χ2n) is 6.34. The molecule has 0 atom stereocenters. The predicted molar refractivity (Wildman–Crippen MR) is 106 cm³/mol. The molecule has 0 fully saturated rings. The first kappa shape index (κ1) is 17.7. The predicted octanol–water partition coefficient (Wildman–Crippen LogP) is 3.32. The largest absolute Gasteiger partial charge is 0.383 e. The summed E-state index contributed by atoms with van der Waals surface area (Å²) >= 11 is 3.34. The van der Waals surface area contributed by atoms with Crippen LogP contribution in [0.3, 0.4) is 0 Å². The van der Waals surface area contributed by atoms with Crippen molar-refractivity contribution in [1.29, 1.82) is 0 Å². The number of ether oxygens (including phenoxy) is 1. The quantitative estimate of drug-likeness (QED) is 0.460. The van der Waals surface area contributed by atoms with E-state index in [0.29, 0.717) is 13.2 Å². The average Bonchev–Trinajstić information content (AvgIpc) is 3.23. The van der Waals surface area contributed by atoms with Crippen molar-refractivity contribution in [2.75, 3.05) is 19.5 Å². The number of thioether (sulfide) groups is 1. The number of pyridine rings is 1. The van der Waals surface area contributed by atoms with Gasteiger partial charge in [-0.2, -0.15) is 0 Å². The Balaban J connectivity index is 1.64. The Morgan fingerprint density at radius 1 is 1.31 bits per heavy atom. The van der Waals surface area contributed by atoms with E-state index in [0.717, 1.165) is 46.8 Å². The summed E-state index contributed by atoms with van der Waals surface area (Å²) in [7, 11) is 1.66. The molecule has 1 aliphatic rings. The fourth-order valence-corrected chi connectivity index (χ4v) is 5.67. The zero-order valence-corrected chi connectivity index (χ0v) is 16.4. The molecule has 3 heterocycles. The minimum absolute atomic E-state index is 0.0952. The van der Waals surface area contributed by atoms with E-state index in [1.807, 2.05) is 24.5 Å². The number of nitrogens with zero attached hydrogens (tertiary/aromatic N) is 3. The number of methoxy groups -OCH3 is 1. The Labute approximate surface area is 160 Å². The summed E-state index contributed by atoms with van der Waals surface area (Å²) in [5.74, 6) is 0.875. The molecule has 0 saturated carbocycles. The number of hydrogen-bond acceptors (Lipinski definition) is 6. The van der Waals surface area contributed by atoms with E-state index < -0.39 is 0 Å². The van der Waals surface area contributed by atoms with Crippen LogP contribution in [0, 0.1) is 0 Å². The van der Waals surface area contributed by atoms with Crippen molar-refractivity contribution in [3.05, 3.63) is 50.9 Å². The van der Waals surface area contributed by atoms with Crippen LogP contribution in [0.4, 0.5) is 0 Å². The van der Waals surface area contributed by atoms with Crippen LogP contribution in [0.25, 0.3) is 10.2 Å². The highest BCUT2D eigenvalue weighted by atomic mass is 32.2. The van der Waals surface area contributed by atoms with E-state index in [4.69, 9.17) is 9.72 Å². The fraction of sp³-hybridized carbons (Fsp3) is 0.421. The molecule has 0 amide bonds. The van der Waals surface area contributed by atoms with E-state index in [2.05, 4.69) is 4.98 Å². The SMILES string of the molecule is COCCn1c(SCCc2ccncc2)nc2sc3c(c2c1=O)CCC3. The molecule has 0 N–H and O–H groups in total. The smallest absolute Gasteiger partial charge is 0.263 e. The van der Waals surface area contributed by atoms with Crippen molar-refractivity contribution < 1.29 is 4.74 Å². The van der Waals surface area contributed by atoms with Gasteiger partial charge in [0, 0.05) is 30.1 Å². The Bertz CT molecular complexity index is 966. The first-order valence-corrected chi connectivity index (χ1v) is 10.6. The van der Waals surface area contributed by atoms with Gasteiger partial charge in [-0.15, -0.1) is 11.3 Å². The van der Waals surface area contributed by atoms with Crippen LogP contribution in [0.2, 0.25) is 0 Å². The number of aryl methyl sites for hydroxylation is 3. The maximum atomic E-state index is 13.2. The van der Waals surface area contributed by atoms with E-state index in [9.17, 15) is 4.79 Å². The molecular formula is C19H21N3O2S2. The topological polar surface area (TPSA) is 57.0 Å². The Morgan fingerprint density at radius 3 is 2.96 bits per heavy atom. The van der Waals surface area contributed by atoms with Crippen molar-refractivity contribution in [3.63, 3.8) is 0 Å². The molecule has 0 spiro atoms. The van der Waals surface area contributed by atoms with Gasteiger partial charge in [0.25, 0.3) is 5.56 Å². The van der Waals surface area contributed by atoms with E-state index in [-0.39, 0.29) is 5.56 Å². The normalized spacial score (nSPS) is 13.4. The minimum Gasteiger partial charge on any atom is -0.383 e. The van der Waals surface area contributed by atoms with Crippen molar-refractivity contribution in [3.8, 4) is 0 Å². The number of rotatable bonds is 7. The lowest BCUT2D eigenvalue weighted by Gasteiger charge is -2.12. The summed E-state index contributed by atoms with van der Waals surface area (Å²) in [6, 6.07) is 4.05. The average molecular weight is 388 g/mol. The van der Waals surface area contributed by atoms with Crippen LogP contribution < -0.4 is 5.56 Å². The highest BCUT2D eigenvalue weighted by Crippen LogP contribution is 2.35. The number of fused-ring (bicyclic) bond motifs is 3. The molecule has 4 rings (SSSR count). The first-order chi connectivity index (χ1) is 12.8. The molecule has 0 aliphatic heterocycles. The summed E-state index contributed by atoms with van der Waals surface area (Å²) in [5.41, 5.74) is 2.58. The molecule has 0 radical (unpaired) electrons. The van der Waals surface area contributed by atoms with E-state index >= 15 is 0 Å². The van der Waals surface area contributed by atoms with Crippen LogP contribution >= 0.6 is 23.1 Å². The Morgan fingerprint density at radius 2 is 2.15 bits per heavy atom. The van der Waals surface area contributed by atoms with Gasteiger partial charge in [0.15, 0.2) is 5.16 Å². The standard InChI is InChI=1S/C19H21N3O2S2/c1-24-11-10-22-18(23)16-14-3-2-4-15(14)26-17(16)21-19(22)25-12-7-13-5-8-20-9-6-13/h5-6,8-9H,2-4,7,10-12H2,1H3. The summed E-state index contributed by atoms with van der Waals surface area (Å²) in [6.45, 7) is 1.05. The molecule has 26 heavy (non-hydrogen) atoms. The second kappa shape index (κ2) is 7.90. The Kier molecular flexibility index (Phi) is 5.38. The van der Waals surface area contributed by atoms with Crippen LogP contribution in [0.5, 0.6) is 0 Å². The molecule has 7 heteroatoms. The third kappa shape index (κ3) is 3.43. The first-order valence-electron chi connectivity index (χ1n) is 8.83. The molecule has 1 aliphatic carbocycles. The van der Waals surface area contributed by atoms with Gasteiger partial charge in [0.05, 0.1) is 18.5 Å². The lowest BCUT2D eigenvalue weighted by molar-refractivity contribution is 0.183. The summed E-state index contributed by atoms with van der Waals surface area (Å²) < 4.78 is 7.01. The molecule has 3 aromatic heterocycles. The van der Waals surface area contributed by atoms with Crippen LogP contribution in [0.15, 0.2) is 34.5 Å². The molecule has 0 aromatic carbocycles. The zero-order valence-electron chi connectivity index (χ0n) is 14.7. The Hall–Kier alpha value is -1.70. The molecular weight excluding hydrogens is 366 g/mol. The van der Waals surface area contributed by atoms with Crippen LogP contribution in [-0.2, 0) is 30.5 Å². The third-order valence-corrected chi connectivity index (χ3v) is 6.84. The van der Waals surface area contributed by atoms with Crippen molar-refractivity contribution >= 4 is 33.3 Å². The lowest BCUT2D eigenvalue weighted by atomic mass is 10.2. The van der Waals surface area contributed by atoms with Crippen molar-refractivity contribution in [2.45, 2.75) is 37.4 Å². The molecule has 0 unspecified atom stereocenters. The number of hydrogen-bond donors (Lipinski definition) is 0. The minimum atomic E-state index is 0.0952. The number of thiophene rings is 1. The summed E-state index contributed by atoms with van der Waals surface area (Å²) in [6.07, 6.45) is 7.78. The highest BCUT2D eigenvalue weighted by Gasteiger charge is 2.23. The van der Waals surface area contributed by atoms with Gasteiger partial charge in [-0.05, 0) is 48.9 Å². The van der Waals surface area contributed by atoms with Gasteiger partial charge >= 0.3 is 0 Å². The molecule has 136 valence electrons. The second-order valence-corrected chi connectivity index (χ2v) is 8.48. The molecule has 0 saturated heterocycles. The van der Waals surface area contributed by atoms with Gasteiger partial charge in [0.2, 0.25) is 0 Å². The zero-order chi connectivity index (χ0) is 17.9. The van der Waals surface area contributed by atoms with Gasteiger partial charge in [-0.1, -0.05) is 11.8 Å². The summed E-state index contributed by atoms with van der Waals surface area (Å²) in [5, 5.41) is 1.64. The highest BCUT2D eigenvalue weighted by molar-refractivity contribution is 7.99. The van der Waals surface area contributed by atoms with Gasteiger partial charge in [0.1, 0.15) is 4.83 Å². The van der Waals surface area contributed by atoms with Crippen LogP contribution in [-0.4, -0.2) is 34.0 Å². The van der Waals surface area contributed by atoms with E-state index in [1.54, 1.807) is 34.8 Å². The fourth-order valence-electron chi connectivity index (χ4n) is 3.36. The molecule has 0 bridgehead atoms. The third-order valence-electron chi connectivity index (χ3n) is 4.68. The van der Waals surface area contributed by atoms with E-state index in [1.165, 1.54) is 16.0 Å². The molecule has 5 nitrogen and oxygen atoms in total. The maximum absolute atomic E-state index is 13.2. The van der Waals surface area contributed by atoms with Gasteiger partial charge in [-0.3, -0.25) is 14.3 Å². The molecule has 3 aromatic rings. The van der Waals surface area contributed by atoms with Crippen LogP contribution in [0.1, 0.15) is 22.4 Å². The maximum Gasteiger partial charge on any atom is 0.263 e. The van der Waals surface area contributed by atoms with Crippen molar-refractivity contribution in [2.24, 2.45) is 0 Å². The van der Waals surface area contributed by atoms with Crippen molar-refractivity contribution in [1.82, 2.24) is 14.5 Å². The lowest BCUT2D eigenvalue weighted by Crippen LogP contribution is -2.25. The number of aromatic nitrogens is 3. The van der Waals surface area contributed by atoms with Gasteiger partial charge in [-0.25, -0.2) is 4.98 Å². The monoisotopic (exact) mass is 387 g/mol. The van der Waals surface area contributed by atoms with Gasteiger partial charge < -0.3 is 4.74 Å².